The van der Waals surface area contributed by atoms with Gasteiger partial charge in [-0.25, -0.2) is 0 Å². The lowest BCUT2D eigenvalue weighted by molar-refractivity contribution is -0.122. The summed E-state index contributed by atoms with van der Waals surface area (Å²) < 4.78 is 0.447. The minimum atomic E-state index is -0.200. The molecule has 144 valence electrons. The second-order valence-corrected chi connectivity index (χ2v) is 8.54. The topological polar surface area (TPSA) is 49.4 Å². The van der Waals surface area contributed by atoms with Crippen LogP contribution in [0.25, 0.3) is 6.08 Å². The van der Waals surface area contributed by atoms with E-state index in [9.17, 15) is 9.59 Å². The molecular weight excluding hydrogens is 412 g/mol. The Labute approximate surface area is 178 Å². The Balaban J connectivity index is 1.62. The van der Waals surface area contributed by atoms with Gasteiger partial charge < -0.3 is 5.32 Å². The Morgan fingerprint density at radius 3 is 2.68 bits per heavy atom. The SMILES string of the molecule is Cc1ccc(NC(=O)CCN2C(=O)/C(=C\c3ccccc3Cl)SC2=S)cc1C. The van der Waals surface area contributed by atoms with Crippen LogP contribution in [0.4, 0.5) is 5.69 Å². The molecule has 1 fully saturated rings. The highest BCUT2D eigenvalue weighted by Gasteiger charge is 2.32. The van der Waals surface area contributed by atoms with E-state index in [0.717, 1.165) is 16.8 Å². The Bertz CT molecular complexity index is 988. The lowest BCUT2D eigenvalue weighted by atomic mass is 10.1. The third-order valence-electron chi connectivity index (χ3n) is 4.42. The number of rotatable bonds is 5. The van der Waals surface area contributed by atoms with Gasteiger partial charge >= 0.3 is 0 Å². The molecule has 0 aliphatic carbocycles. The lowest BCUT2D eigenvalue weighted by Gasteiger charge is -2.14. The number of halogens is 1. The third kappa shape index (κ3) is 4.82. The molecule has 1 heterocycles. The number of thiocarbonyl (C=S) groups is 1. The van der Waals surface area contributed by atoms with Gasteiger partial charge in [0, 0.05) is 23.7 Å². The monoisotopic (exact) mass is 430 g/mol. The lowest BCUT2D eigenvalue weighted by Crippen LogP contribution is -2.31. The third-order valence-corrected chi connectivity index (χ3v) is 6.14. The quantitative estimate of drug-likeness (QED) is 0.524. The van der Waals surface area contributed by atoms with E-state index in [1.165, 1.54) is 22.2 Å². The summed E-state index contributed by atoms with van der Waals surface area (Å²) in [6, 6.07) is 13.1. The van der Waals surface area contributed by atoms with Crippen molar-refractivity contribution in [1.82, 2.24) is 4.90 Å². The fourth-order valence-electron chi connectivity index (χ4n) is 2.68. The number of nitrogens with one attached hydrogen (secondary N) is 1. The molecule has 28 heavy (non-hydrogen) atoms. The summed E-state index contributed by atoms with van der Waals surface area (Å²) >= 11 is 12.7. The molecule has 2 aromatic carbocycles. The van der Waals surface area contributed by atoms with E-state index >= 15 is 0 Å². The van der Waals surface area contributed by atoms with Crippen molar-refractivity contribution in [2.45, 2.75) is 20.3 Å². The van der Waals surface area contributed by atoms with Gasteiger partial charge in [-0.2, -0.15) is 0 Å². The summed E-state index contributed by atoms with van der Waals surface area (Å²) in [7, 11) is 0. The first-order valence-electron chi connectivity index (χ1n) is 8.72. The van der Waals surface area contributed by atoms with Crippen molar-refractivity contribution in [1.29, 1.82) is 0 Å². The number of carbonyl (C=O) groups is 2. The van der Waals surface area contributed by atoms with Crippen LogP contribution in [0.5, 0.6) is 0 Å². The van der Waals surface area contributed by atoms with Crippen molar-refractivity contribution in [2.24, 2.45) is 0 Å². The van der Waals surface area contributed by atoms with Crippen molar-refractivity contribution in [3.05, 3.63) is 69.1 Å². The van der Waals surface area contributed by atoms with Crippen molar-refractivity contribution in [2.75, 3.05) is 11.9 Å². The average Bonchev–Trinajstić information content (AvgIpc) is 2.91. The minimum Gasteiger partial charge on any atom is -0.326 e. The van der Waals surface area contributed by atoms with E-state index < -0.39 is 0 Å². The molecule has 0 aromatic heterocycles. The highest BCUT2D eigenvalue weighted by atomic mass is 35.5. The highest BCUT2D eigenvalue weighted by molar-refractivity contribution is 8.26. The molecular formula is C21H19ClN2O2S2. The van der Waals surface area contributed by atoms with Crippen LogP contribution in [-0.2, 0) is 9.59 Å². The van der Waals surface area contributed by atoms with Crippen molar-refractivity contribution < 1.29 is 9.59 Å². The van der Waals surface area contributed by atoms with Crippen LogP contribution in [0.1, 0.15) is 23.1 Å². The first kappa shape index (κ1) is 20.6. The van der Waals surface area contributed by atoms with E-state index in [2.05, 4.69) is 5.32 Å². The van der Waals surface area contributed by atoms with Crippen LogP contribution in [-0.4, -0.2) is 27.6 Å². The van der Waals surface area contributed by atoms with Crippen LogP contribution >= 0.6 is 35.6 Å². The zero-order valence-electron chi connectivity index (χ0n) is 15.5. The fraction of sp³-hybridized carbons (Fsp3) is 0.190. The number of anilines is 1. The van der Waals surface area contributed by atoms with Gasteiger partial charge in [-0.15, -0.1) is 0 Å². The Hall–Kier alpha value is -2.15. The number of aryl methyl sites for hydroxylation is 2. The van der Waals surface area contributed by atoms with Gasteiger partial charge in [0.1, 0.15) is 4.32 Å². The second-order valence-electron chi connectivity index (χ2n) is 6.45. The first-order valence-corrected chi connectivity index (χ1v) is 10.3. The van der Waals surface area contributed by atoms with Gasteiger partial charge in [0.2, 0.25) is 5.91 Å². The number of benzene rings is 2. The van der Waals surface area contributed by atoms with Gasteiger partial charge in [0.05, 0.1) is 4.91 Å². The van der Waals surface area contributed by atoms with Gasteiger partial charge in [0.25, 0.3) is 5.91 Å². The number of nitrogens with zero attached hydrogens (tertiary/aromatic N) is 1. The maximum absolute atomic E-state index is 12.7. The van der Waals surface area contributed by atoms with Crippen LogP contribution in [0.3, 0.4) is 0 Å². The summed E-state index contributed by atoms with van der Waals surface area (Å²) in [5, 5.41) is 3.43. The zero-order chi connectivity index (χ0) is 20.3. The maximum atomic E-state index is 12.7. The van der Waals surface area contributed by atoms with Crippen LogP contribution in [0.15, 0.2) is 47.4 Å². The molecule has 1 aliphatic rings. The largest absolute Gasteiger partial charge is 0.326 e. The van der Waals surface area contributed by atoms with Crippen molar-refractivity contribution in [3.8, 4) is 0 Å². The first-order chi connectivity index (χ1) is 13.3. The summed E-state index contributed by atoms with van der Waals surface area (Å²) in [5.74, 6) is -0.360. The number of amides is 2. The standard InChI is InChI=1S/C21H19ClN2O2S2/c1-13-7-8-16(11-14(13)2)23-19(25)9-10-24-20(26)18(28-21(24)27)12-15-5-3-4-6-17(15)22/h3-8,11-12H,9-10H2,1-2H3,(H,23,25)/b18-12+. The normalized spacial score (nSPS) is 15.4. The molecule has 0 unspecified atom stereocenters. The van der Waals surface area contributed by atoms with E-state index in [0.29, 0.717) is 14.2 Å². The zero-order valence-corrected chi connectivity index (χ0v) is 17.9. The van der Waals surface area contributed by atoms with E-state index in [1.807, 2.05) is 50.2 Å². The van der Waals surface area contributed by atoms with E-state index in [-0.39, 0.29) is 24.8 Å². The predicted octanol–water partition coefficient (Wildman–Crippen LogP) is 5.19. The van der Waals surface area contributed by atoms with Crippen LogP contribution in [0.2, 0.25) is 5.02 Å². The molecule has 4 nitrogen and oxygen atoms in total. The number of hydrogen-bond donors (Lipinski definition) is 1. The van der Waals surface area contributed by atoms with E-state index in [4.69, 9.17) is 23.8 Å². The predicted molar refractivity (Wildman–Crippen MR) is 120 cm³/mol. The van der Waals surface area contributed by atoms with Crippen LogP contribution in [0, 0.1) is 13.8 Å². The smallest absolute Gasteiger partial charge is 0.266 e. The van der Waals surface area contributed by atoms with E-state index in [1.54, 1.807) is 12.1 Å². The van der Waals surface area contributed by atoms with Gasteiger partial charge in [-0.3, -0.25) is 14.5 Å². The van der Waals surface area contributed by atoms with Crippen molar-refractivity contribution >= 4 is 63.5 Å². The summed E-state index contributed by atoms with van der Waals surface area (Å²) in [6.45, 7) is 4.25. The Morgan fingerprint density at radius 1 is 1.21 bits per heavy atom. The molecule has 1 N–H and O–H groups in total. The van der Waals surface area contributed by atoms with Gasteiger partial charge in [-0.1, -0.05) is 59.8 Å². The molecule has 3 rings (SSSR count). The maximum Gasteiger partial charge on any atom is 0.266 e. The molecule has 0 bridgehead atoms. The average molecular weight is 431 g/mol. The summed E-state index contributed by atoms with van der Waals surface area (Å²) in [4.78, 5) is 26.9. The Kier molecular flexibility index (Phi) is 6.54. The molecule has 2 amide bonds. The molecule has 2 aromatic rings. The second kappa shape index (κ2) is 8.90. The molecule has 0 spiro atoms. The fourth-order valence-corrected chi connectivity index (χ4v) is 4.17. The molecule has 0 atom stereocenters. The van der Waals surface area contributed by atoms with Crippen molar-refractivity contribution in [3.63, 3.8) is 0 Å². The van der Waals surface area contributed by atoms with Crippen LogP contribution < -0.4 is 5.32 Å². The summed E-state index contributed by atoms with van der Waals surface area (Å²) in [6.07, 6.45) is 1.90. The molecule has 1 aliphatic heterocycles. The van der Waals surface area contributed by atoms with Gasteiger partial charge in [0.15, 0.2) is 0 Å². The molecule has 7 heteroatoms. The number of thioether (sulfide) groups is 1. The highest BCUT2D eigenvalue weighted by Crippen LogP contribution is 2.33. The Morgan fingerprint density at radius 2 is 1.96 bits per heavy atom. The molecule has 0 radical (unpaired) electrons. The molecule has 0 saturated carbocycles. The minimum absolute atomic E-state index is 0.160. The molecule has 1 saturated heterocycles. The number of carbonyl (C=O) groups excluding carboxylic acids is 2. The summed E-state index contributed by atoms with van der Waals surface area (Å²) in [5.41, 5.74) is 3.79. The van der Waals surface area contributed by atoms with Gasteiger partial charge in [-0.05, 0) is 54.8 Å². The number of hydrogen-bond acceptors (Lipinski definition) is 4.